The third-order valence-electron chi connectivity index (χ3n) is 3.59. The second kappa shape index (κ2) is 7.93. The topological polar surface area (TPSA) is 63.2 Å². The molecule has 8 heteroatoms. The maximum atomic E-state index is 13.2. The minimum Gasteiger partial charge on any atom is -0.350 e. The number of hydrogen-bond acceptors (Lipinski definition) is 3. The van der Waals surface area contributed by atoms with E-state index in [1.54, 1.807) is 6.92 Å². The number of amides is 1. The fourth-order valence-corrected chi connectivity index (χ4v) is 3.53. The van der Waals surface area contributed by atoms with Gasteiger partial charge in [-0.05, 0) is 48.9 Å². The van der Waals surface area contributed by atoms with Crippen molar-refractivity contribution in [1.29, 1.82) is 0 Å². The van der Waals surface area contributed by atoms with Gasteiger partial charge in [0.05, 0.1) is 16.7 Å². The standard InChI is InChI=1S/C17H16ClF2NO3S/c1-11(12-2-7-15(19)16(20)10-12)21-17(22)8-9-25(23,24)14-5-3-13(18)4-6-14/h2-7,10-11H,8-9H2,1H3,(H,21,22). The van der Waals surface area contributed by atoms with Crippen LogP contribution < -0.4 is 5.32 Å². The van der Waals surface area contributed by atoms with Crippen molar-refractivity contribution in [2.24, 2.45) is 0 Å². The van der Waals surface area contributed by atoms with Gasteiger partial charge < -0.3 is 5.32 Å². The number of halogens is 3. The summed E-state index contributed by atoms with van der Waals surface area (Å²) < 4.78 is 50.5. The molecule has 0 spiro atoms. The molecule has 0 saturated carbocycles. The lowest BCUT2D eigenvalue weighted by atomic mass is 10.1. The van der Waals surface area contributed by atoms with Crippen molar-refractivity contribution in [2.75, 3.05) is 5.75 Å². The number of rotatable bonds is 6. The second-order valence-corrected chi connectivity index (χ2v) is 8.03. The van der Waals surface area contributed by atoms with Crippen LogP contribution in [0.4, 0.5) is 8.78 Å². The molecule has 4 nitrogen and oxygen atoms in total. The third kappa shape index (κ3) is 5.24. The van der Waals surface area contributed by atoms with E-state index in [0.717, 1.165) is 12.1 Å². The van der Waals surface area contributed by atoms with Gasteiger partial charge in [0.1, 0.15) is 0 Å². The highest BCUT2D eigenvalue weighted by Crippen LogP contribution is 2.18. The summed E-state index contributed by atoms with van der Waals surface area (Å²) in [5, 5.41) is 2.98. The number of hydrogen-bond donors (Lipinski definition) is 1. The Morgan fingerprint density at radius 2 is 1.76 bits per heavy atom. The van der Waals surface area contributed by atoms with Crippen molar-refractivity contribution in [2.45, 2.75) is 24.3 Å². The van der Waals surface area contributed by atoms with Crippen molar-refractivity contribution in [3.8, 4) is 0 Å². The summed E-state index contributed by atoms with van der Waals surface area (Å²) in [6, 6.07) is 8.40. The average Bonchev–Trinajstić information content (AvgIpc) is 2.56. The first-order chi connectivity index (χ1) is 11.7. The van der Waals surface area contributed by atoms with E-state index in [2.05, 4.69) is 5.32 Å². The molecule has 1 unspecified atom stereocenters. The maximum absolute atomic E-state index is 13.2. The molecule has 0 aliphatic carbocycles. The number of benzene rings is 2. The predicted molar refractivity (Wildman–Crippen MR) is 91.0 cm³/mol. The van der Waals surface area contributed by atoms with Gasteiger partial charge in [-0.25, -0.2) is 17.2 Å². The highest BCUT2D eigenvalue weighted by Gasteiger charge is 2.18. The monoisotopic (exact) mass is 387 g/mol. The molecular formula is C17H16ClF2NO3S. The third-order valence-corrected chi connectivity index (χ3v) is 5.58. The van der Waals surface area contributed by atoms with Crippen LogP contribution in [0.3, 0.4) is 0 Å². The van der Waals surface area contributed by atoms with Gasteiger partial charge in [0.2, 0.25) is 5.91 Å². The van der Waals surface area contributed by atoms with Crippen LogP contribution in [-0.4, -0.2) is 20.1 Å². The average molecular weight is 388 g/mol. The van der Waals surface area contributed by atoms with E-state index in [-0.39, 0.29) is 17.1 Å². The lowest BCUT2D eigenvalue weighted by molar-refractivity contribution is -0.121. The van der Waals surface area contributed by atoms with Gasteiger partial charge in [-0.1, -0.05) is 17.7 Å². The zero-order valence-electron chi connectivity index (χ0n) is 13.3. The van der Waals surface area contributed by atoms with Gasteiger partial charge in [0.15, 0.2) is 21.5 Å². The van der Waals surface area contributed by atoms with Crippen LogP contribution in [0.5, 0.6) is 0 Å². The molecule has 2 aromatic carbocycles. The lowest BCUT2D eigenvalue weighted by Crippen LogP contribution is -2.28. The van der Waals surface area contributed by atoms with E-state index in [1.165, 1.54) is 30.3 Å². The van der Waals surface area contributed by atoms with Crippen molar-refractivity contribution >= 4 is 27.3 Å². The SMILES string of the molecule is CC(NC(=O)CCS(=O)(=O)c1ccc(Cl)cc1)c1ccc(F)c(F)c1. The highest BCUT2D eigenvalue weighted by molar-refractivity contribution is 7.91. The van der Waals surface area contributed by atoms with Gasteiger partial charge >= 0.3 is 0 Å². The van der Waals surface area contributed by atoms with E-state index in [4.69, 9.17) is 11.6 Å². The molecule has 0 aliphatic heterocycles. The molecule has 0 radical (unpaired) electrons. The first-order valence-corrected chi connectivity index (χ1v) is 9.45. The van der Waals surface area contributed by atoms with E-state index in [1.807, 2.05) is 0 Å². The fraction of sp³-hybridized carbons (Fsp3) is 0.235. The largest absolute Gasteiger partial charge is 0.350 e. The Labute approximate surface area is 149 Å². The Balaban J connectivity index is 1.95. The summed E-state index contributed by atoms with van der Waals surface area (Å²) in [5.74, 6) is -2.86. The van der Waals surface area contributed by atoms with Crippen molar-refractivity contribution in [3.05, 3.63) is 64.7 Å². The van der Waals surface area contributed by atoms with Crippen molar-refractivity contribution in [1.82, 2.24) is 5.32 Å². The van der Waals surface area contributed by atoms with Crippen LogP contribution in [0.25, 0.3) is 0 Å². The molecule has 0 saturated heterocycles. The minimum absolute atomic E-state index is 0.0818. The van der Waals surface area contributed by atoms with Crippen molar-refractivity contribution < 1.29 is 22.0 Å². The number of sulfone groups is 1. The summed E-state index contributed by atoms with van der Waals surface area (Å²) in [6.45, 7) is 1.60. The van der Waals surface area contributed by atoms with Crippen LogP contribution in [0.2, 0.25) is 5.02 Å². The Morgan fingerprint density at radius 1 is 1.12 bits per heavy atom. The number of nitrogens with one attached hydrogen (secondary N) is 1. The summed E-state index contributed by atoms with van der Waals surface area (Å²) in [7, 11) is -3.61. The molecule has 1 N–H and O–H groups in total. The van der Waals surface area contributed by atoms with Gasteiger partial charge in [0.25, 0.3) is 0 Å². The molecule has 2 aromatic rings. The first kappa shape index (κ1) is 19.3. The normalized spacial score (nSPS) is 12.6. The Hall–Kier alpha value is -1.99. The Kier molecular flexibility index (Phi) is 6.13. The second-order valence-electron chi connectivity index (χ2n) is 5.49. The van der Waals surface area contributed by atoms with Crippen LogP contribution in [-0.2, 0) is 14.6 Å². The molecule has 134 valence electrons. The molecule has 1 atom stereocenters. The molecule has 0 fully saturated rings. The zero-order valence-corrected chi connectivity index (χ0v) is 14.9. The predicted octanol–water partition coefficient (Wildman–Crippen LogP) is 3.66. The van der Waals surface area contributed by atoms with E-state index < -0.39 is 33.4 Å². The van der Waals surface area contributed by atoms with E-state index in [0.29, 0.717) is 10.6 Å². The lowest BCUT2D eigenvalue weighted by Gasteiger charge is -2.14. The van der Waals surface area contributed by atoms with Gasteiger partial charge in [-0.3, -0.25) is 4.79 Å². The van der Waals surface area contributed by atoms with Crippen LogP contribution in [0.1, 0.15) is 24.9 Å². The van der Waals surface area contributed by atoms with Gasteiger partial charge in [-0.2, -0.15) is 0 Å². The zero-order chi connectivity index (χ0) is 18.6. The number of carbonyl (C=O) groups is 1. The van der Waals surface area contributed by atoms with Crippen LogP contribution in [0, 0.1) is 11.6 Å². The fourth-order valence-electron chi connectivity index (χ4n) is 2.17. The maximum Gasteiger partial charge on any atom is 0.221 e. The minimum atomic E-state index is -3.61. The van der Waals surface area contributed by atoms with Crippen LogP contribution >= 0.6 is 11.6 Å². The number of carbonyl (C=O) groups excluding carboxylic acids is 1. The molecule has 2 rings (SSSR count). The van der Waals surface area contributed by atoms with E-state index in [9.17, 15) is 22.0 Å². The molecule has 1 amide bonds. The molecule has 0 bridgehead atoms. The van der Waals surface area contributed by atoms with E-state index >= 15 is 0 Å². The molecule has 0 heterocycles. The summed E-state index contributed by atoms with van der Waals surface area (Å²) in [4.78, 5) is 12.0. The summed E-state index contributed by atoms with van der Waals surface area (Å²) in [6.07, 6.45) is -0.251. The highest BCUT2D eigenvalue weighted by atomic mass is 35.5. The first-order valence-electron chi connectivity index (χ1n) is 7.41. The Morgan fingerprint density at radius 3 is 2.36 bits per heavy atom. The molecule has 25 heavy (non-hydrogen) atoms. The quantitative estimate of drug-likeness (QED) is 0.822. The molecule has 0 aliphatic rings. The smallest absolute Gasteiger partial charge is 0.221 e. The summed E-state index contributed by atoms with van der Waals surface area (Å²) >= 11 is 5.72. The van der Waals surface area contributed by atoms with Crippen molar-refractivity contribution in [3.63, 3.8) is 0 Å². The molecular weight excluding hydrogens is 372 g/mol. The van der Waals surface area contributed by atoms with Gasteiger partial charge in [-0.15, -0.1) is 0 Å². The van der Waals surface area contributed by atoms with Gasteiger partial charge in [0, 0.05) is 11.4 Å². The molecule has 0 aromatic heterocycles. The Bertz CT molecular complexity index is 870. The summed E-state index contributed by atoms with van der Waals surface area (Å²) in [5.41, 5.74) is 0.382. The van der Waals surface area contributed by atoms with Crippen LogP contribution in [0.15, 0.2) is 47.4 Å².